The van der Waals surface area contributed by atoms with Gasteiger partial charge in [-0.05, 0) is 51.7 Å². The van der Waals surface area contributed by atoms with E-state index in [1.807, 2.05) is 16.3 Å². The third-order valence-electron chi connectivity index (χ3n) is 3.69. The number of carbonyl (C=O) groups excluding carboxylic acids is 1. The highest BCUT2D eigenvalue weighted by Gasteiger charge is 2.28. The van der Waals surface area contributed by atoms with Crippen molar-refractivity contribution in [2.24, 2.45) is 5.92 Å². The van der Waals surface area contributed by atoms with Crippen LogP contribution in [0.15, 0.2) is 15.2 Å². The summed E-state index contributed by atoms with van der Waals surface area (Å²) in [5.41, 5.74) is 1.12. The van der Waals surface area contributed by atoms with E-state index >= 15 is 0 Å². The number of thiophene rings is 1. The van der Waals surface area contributed by atoms with Crippen LogP contribution < -0.4 is 0 Å². The molecule has 1 aromatic rings. The maximum absolute atomic E-state index is 12.4. The van der Waals surface area contributed by atoms with Crippen LogP contribution in [0, 0.1) is 5.92 Å². The van der Waals surface area contributed by atoms with Crippen molar-refractivity contribution in [3.8, 4) is 0 Å². The molecule has 116 valence electrons. The number of rotatable bonds is 5. The maximum atomic E-state index is 12.4. The van der Waals surface area contributed by atoms with Crippen LogP contribution in [0.5, 0.6) is 0 Å². The van der Waals surface area contributed by atoms with Crippen LogP contribution >= 0.6 is 27.3 Å². The van der Waals surface area contributed by atoms with E-state index in [1.54, 1.807) is 23.3 Å². The quantitative estimate of drug-likeness (QED) is 0.860. The Kier molecular flexibility index (Phi) is 5.64. The van der Waals surface area contributed by atoms with E-state index in [1.165, 1.54) is 0 Å². The second kappa shape index (κ2) is 7.26. The summed E-state index contributed by atoms with van der Waals surface area (Å²) in [6.07, 6.45) is 1.74. The van der Waals surface area contributed by atoms with Crippen LogP contribution in [0.3, 0.4) is 0 Å². The van der Waals surface area contributed by atoms with Gasteiger partial charge in [0.2, 0.25) is 0 Å². The molecule has 1 saturated heterocycles. The van der Waals surface area contributed by atoms with Gasteiger partial charge in [0.15, 0.2) is 0 Å². The molecule has 1 atom stereocenters. The van der Waals surface area contributed by atoms with Crippen LogP contribution in [0.25, 0.3) is 0 Å². The van der Waals surface area contributed by atoms with E-state index in [2.05, 4.69) is 15.9 Å². The minimum Gasteiger partial charge on any atom is -0.481 e. The van der Waals surface area contributed by atoms with Crippen molar-refractivity contribution in [1.82, 2.24) is 9.80 Å². The first-order valence-corrected chi connectivity index (χ1v) is 8.57. The molecule has 0 saturated carbocycles. The SMILES string of the molecule is CN(Cc1csc(Br)c1)C(=O)N1CCC(CCC(=O)O)C1. The Bertz CT molecular complexity index is 520. The van der Waals surface area contributed by atoms with Gasteiger partial charge in [-0.1, -0.05) is 0 Å². The van der Waals surface area contributed by atoms with E-state index in [0.29, 0.717) is 25.4 Å². The van der Waals surface area contributed by atoms with E-state index in [9.17, 15) is 9.59 Å². The second-order valence-electron chi connectivity index (χ2n) is 5.43. The molecule has 2 rings (SSSR count). The molecule has 0 aromatic carbocycles. The number of amides is 2. The lowest BCUT2D eigenvalue weighted by atomic mass is 10.0. The van der Waals surface area contributed by atoms with Crippen LogP contribution in [-0.2, 0) is 11.3 Å². The van der Waals surface area contributed by atoms with Crippen molar-refractivity contribution in [2.45, 2.75) is 25.8 Å². The zero-order valence-electron chi connectivity index (χ0n) is 11.9. The van der Waals surface area contributed by atoms with Gasteiger partial charge in [-0.2, -0.15) is 0 Å². The number of carboxylic acids is 1. The van der Waals surface area contributed by atoms with Crippen molar-refractivity contribution >= 4 is 39.3 Å². The first-order chi connectivity index (χ1) is 9.95. The second-order valence-corrected chi connectivity index (χ2v) is 7.72. The lowest BCUT2D eigenvalue weighted by Gasteiger charge is -2.24. The molecule has 1 aliphatic rings. The first kappa shape index (κ1) is 16.3. The Morgan fingerprint density at radius 2 is 2.33 bits per heavy atom. The molecule has 1 N–H and O–H groups in total. The summed E-state index contributed by atoms with van der Waals surface area (Å²) >= 11 is 5.03. The van der Waals surface area contributed by atoms with E-state index in [-0.39, 0.29) is 12.5 Å². The molecule has 1 aromatic heterocycles. The summed E-state index contributed by atoms with van der Waals surface area (Å²) in [4.78, 5) is 26.5. The summed E-state index contributed by atoms with van der Waals surface area (Å²) in [6.45, 7) is 1.99. The molecule has 7 heteroatoms. The Hall–Kier alpha value is -1.08. The highest BCUT2D eigenvalue weighted by atomic mass is 79.9. The lowest BCUT2D eigenvalue weighted by molar-refractivity contribution is -0.137. The molecule has 0 aliphatic carbocycles. The predicted molar refractivity (Wildman–Crippen MR) is 85.4 cm³/mol. The van der Waals surface area contributed by atoms with Crippen LogP contribution in [0.1, 0.15) is 24.8 Å². The number of likely N-dealkylation sites (tertiary alicyclic amines) is 1. The van der Waals surface area contributed by atoms with Gasteiger partial charge in [0.25, 0.3) is 0 Å². The van der Waals surface area contributed by atoms with Crippen molar-refractivity contribution in [2.75, 3.05) is 20.1 Å². The summed E-state index contributed by atoms with van der Waals surface area (Å²) in [5.74, 6) is -0.450. The number of carbonyl (C=O) groups is 2. The number of nitrogens with zero attached hydrogens (tertiary/aromatic N) is 2. The first-order valence-electron chi connectivity index (χ1n) is 6.90. The molecule has 21 heavy (non-hydrogen) atoms. The summed E-state index contributed by atoms with van der Waals surface area (Å²) in [7, 11) is 1.80. The Morgan fingerprint density at radius 1 is 1.57 bits per heavy atom. The Morgan fingerprint density at radius 3 is 2.95 bits per heavy atom. The molecule has 0 bridgehead atoms. The Balaban J connectivity index is 1.81. The summed E-state index contributed by atoms with van der Waals surface area (Å²) < 4.78 is 1.06. The Labute approximate surface area is 136 Å². The molecule has 0 radical (unpaired) electrons. The fraction of sp³-hybridized carbons (Fsp3) is 0.571. The fourth-order valence-corrected chi connectivity index (χ4v) is 3.78. The molecule has 1 fully saturated rings. The third kappa shape index (κ3) is 4.71. The molecule has 1 aliphatic heterocycles. The number of halogens is 1. The van der Waals surface area contributed by atoms with Gasteiger partial charge < -0.3 is 14.9 Å². The van der Waals surface area contributed by atoms with Gasteiger partial charge in [0, 0.05) is 33.1 Å². The van der Waals surface area contributed by atoms with Crippen LogP contribution in [-0.4, -0.2) is 47.0 Å². The molecule has 2 amide bonds. The number of aliphatic carboxylic acids is 1. The largest absolute Gasteiger partial charge is 0.481 e. The van der Waals surface area contributed by atoms with E-state index in [0.717, 1.165) is 22.3 Å². The average Bonchev–Trinajstić information content (AvgIpc) is 3.04. The van der Waals surface area contributed by atoms with Gasteiger partial charge in [-0.15, -0.1) is 11.3 Å². The number of urea groups is 1. The topological polar surface area (TPSA) is 60.9 Å². The van der Waals surface area contributed by atoms with Crippen LogP contribution in [0.2, 0.25) is 0 Å². The molecular weight excluding hydrogens is 356 g/mol. The van der Waals surface area contributed by atoms with Gasteiger partial charge in [0.1, 0.15) is 0 Å². The molecule has 2 heterocycles. The fourth-order valence-electron chi connectivity index (χ4n) is 2.58. The van der Waals surface area contributed by atoms with Gasteiger partial charge in [-0.25, -0.2) is 4.79 Å². The van der Waals surface area contributed by atoms with E-state index < -0.39 is 5.97 Å². The molecular formula is C14H19BrN2O3S. The predicted octanol–water partition coefficient (Wildman–Crippen LogP) is 3.25. The van der Waals surface area contributed by atoms with Crippen LogP contribution in [0.4, 0.5) is 4.79 Å². The average molecular weight is 375 g/mol. The number of hydrogen-bond donors (Lipinski definition) is 1. The highest BCUT2D eigenvalue weighted by molar-refractivity contribution is 9.11. The van der Waals surface area contributed by atoms with Gasteiger partial charge in [0.05, 0.1) is 3.79 Å². The highest BCUT2D eigenvalue weighted by Crippen LogP contribution is 2.24. The smallest absolute Gasteiger partial charge is 0.320 e. The zero-order valence-corrected chi connectivity index (χ0v) is 14.3. The summed E-state index contributed by atoms with van der Waals surface area (Å²) in [5, 5.41) is 10.7. The zero-order chi connectivity index (χ0) is 15.4. The van der Waals surface area contributed by atoms with Crippen molar-refractivity contribution < 1.29 is 14.7 Å². The van der Waals surface area contributed by atoms with Gasteiger partial charge in [-0.3, -0.25) is 4.79 Å². The third-order valence-corrected chi connectivity index (χ3v) is 5.24. The number of hydrogen-bond acceptors (Lipinski definition) is 3. The van der Waals surface area contributed by atoms with Gasteiger partial charge >= 0.3 is 12.0 Å². The normalized spacial score (nSPS) is 18.0. The number of carboxylic acid groups (broad SMARTS) is 1. The standard InChI is InChI=1S/C14H19BrN2O3S/c1-16(7-11-6-12(15)21-9-11)14(20)17-5-4-10(8-17)2-3-13(18)19/h6,9-10H,2-5,7-8H2,1H3,(H,18,19). The minimum absolute atomic E-state index is 0.0233. The lowest BCUT2D eigenvalue weighted by Crippen LogP contribution is -2.39. The summed E-state index contributed by atoms with van der Waals surface area (Å²) in [6, 6.07) is 2.05. The van der Waals surface area contributed by atoms with Crippen molar-refractivity contribution in [3.05, 3.63) is 20.8 Å². The molecule has 1 unspecified atom stereocenters. The molecule has 5 nitrogen and oxygen atoms in total. The monoisotopic (exact) mass is 374 g/mol. The van der Waals surface area contributed by atoms with Crippen molar-refractivity contribution in [3.63, 3.8) is 0 Å². The van der Waals surface area contributed by atoms with E-state index in [4.69, 9.17) is 5.11 Å². The maximum Gasteiger partial charge on any atom is 0.320 e. The minimum atomic E-state index is -0.764. The van der Waals surface area contributed by atoms with Crippen molar-refractivity contribution in [1.29, 1.82) is 0 Å². The molecule has 0 spiro atoms.